The summed E-state index contributed by atoms with van der Waals surface area (Å²) in [6.07, 6.45) is 0.359. The van der Waals surface area contributed by atoms with Crippen molar-refractivity contribution in [3.8, 4) is 0 Å². The zero-order valence-electron chi connectivity index (χ0n) is 10.8. The number of amides is 2. The lowest BCUT2D eigenvalue weighted by molar-refractivity contribution is -0.121. The van der Waals surface area contributed by atoms with Crippen molar-refractivity contribution in [2.75, 3.05) is 6.54 Å². The van der Waals surface area contributed by atoms with Crippen LogP contribution in [0.2, 0.25) is 0 Å². The Morgan fingerprint density at radius 3 is 2.78 bits per heavy atom. The maximum absolute atomic E-state index is 12.0. The molecular weight excluding hydrogens is 228 g/mol. The molecule has 0 radical (unpaired) electrons. The molecular formula is C14H18N2O2. The van der Waals surface area contributed by atoms with Gasteiger partial charge >= 0.3 is 0 Å². The summed E-state index contributed by atoms with van der Waals surface area (Å²) in [6.45, 7) is 4.94. The van der Waals surface area contributed by atoms with Gasteiger partial charge in [-0.25, -0.2) is 0 Å². The first-order valence-corrected chi connectivity index (χ1v) is 6.24. The third kappa shape index (κ3) is 2.70. The van der Waals surface area contributed by atoms with Crippen LogP contribution in [0.4, 0.5) is 0 Å². The molecule has 0 saturated heterocycles. The van der Waals surface area contributed by atoms with E-state index < -0.39 is 0 Å². The molecule has 1 heterocycles. The standard InChI is InChI=1S/C14H18N2O2/c1-10(2)15-13(17)7-8-16-9-11-5-3-4-6-12(11)14(16)18/h3-6,10H,7-9H2,1-2H3,(H,15,17). The molecule has 96 valence electrons. The topological polar surface area (TPSA) is 49.4 Å². The summed E-state index contributed by atoms with van der Waals surface area (Å²) in [4.78, 5) is 25.3. The predicted molar refractivity (Wildman–Crippen MR) is 69.1 cm³/mol. The Bertz CT molecular complexity index is 469. The first kappa shape index (κ1) is 12.6. The van der Waals surface area contributed by atoms with E-state index in [4.69, 9.17) is 0 Å². The average Bonchev–Trinajstić information content (AvgIpc) is 2.64. The summed E-state index contributed by atoms with van der Waals surface area (Å²) in [5.41, 5.74) is 1.81. The number of benzene rings is 1. The molecule has 0 unspecified atom stereocenters. The molecule has 18 heavy (non-hydrogen) atoms. The fraction of sp³-hybridized carbons (Fsp3) is 0.429. The Hall–Kier alpha value is -1.84. The van der Waals surface area contributed by atoms with Gasteiger partial charge in [-0.3, -0.25) is 9.59 Å². The van der Waals surface area contributed by atoms with Gasteiger partial charge in [-0.1, -0.05) is 18.2 Å². The number of hydrogen-bond donors (Lipinski definition) is 1. The van der Waals surface area contributed by atoms with Gasteiger partial charge in [0.2, 0.25) is 5.91 Å². The summed E-state index contributed by atoms with van der Waals surface area (Å²) >= 11 is 0. The van der Waals surface area contributed by atoms with Gasteiger partial charge in [0.05, 0.1) is 0 Å². The SMILES string of the molecule is CC(C)NC(=O)CCN1Cc2ccccc2C1=O. The maximum atomic E-state index is 12.0. The highest BCUT2D eigenvalue weighted by molar-refractivity contribution is 5.98. The van der Waals surface area contributed by atoms with E-state index >= 15 is 0 Å². The van der Waals surface area contributed by atoms with Crippen molar-refractivity contribution >= 4 is 11.8 Å². The second-order valence-electron chi connectivity index (χ2n) is 4.86. The highest BCUT2D eigenvalue weighted by Crippen LogP contribution is 2.22. The van der Waals surface area contributed by atoms with Gasteiger partial charge in [0.15, 0.2) is 0 Å². The molecule has 0 spiro atoms. The number of hydrogen-bond acceptors (Lipinski definition) is 2. The van der Waals surface area contributed by atoms with Gasteiger partial charge in [0.25, 0.3) is 5.91 Å². The van der Waals surface area contributed by atoms with Crippen LogP contribution in [0, 0.1) is 0 Å². The third-order valence-corrected chi connectivity index (χ3v) is 2.95. The first-order valence-electron chi connectivity index (χ1n) is 6.24. The van der Waals surface area contributed by atoms with Gasteiger partial charge in [-0.05, 0) is 25.5 Å². The summed E-state index contributed by atoms with van der Waals surface area (Å²) in [7, 11) is 0. The first-order chi connectivity index (χ1) is 8.58. The molecule has 0 atom stereocenters. The van der Waals surface area contributed by atoms with Gasteiger partial charge in [-0.15, -0.1) is 0 Å². The number of carbonyl (C=O) groups is 2. The summed E-state index contributed by atoms with van der Waals surface area (Å²) in [5, 5.41) is 2.83. The van der Waals surface area contributed by atoms with Crippen molar-refractivity contribution in [1.82, 2.24) is 10.2 Å². The van der Waals surface area contributed by atoms with Gasteiger partial charge in [0.1, 0.15) is 0 Å². The fourth-order valence-corrected chi connectivity index (χ4v) is 2.13. The Balaban J connectivity index is 1.91. The Morgan fingerprint density at radius 1 is 1.39 bits per heavy atom. The molecule has 4 nitrogen and oxygen atoms in total. The predicted octanol–water partition coefficient (Wildman–Crippen LogP) is 1.56. The average molecular weight is 246 g/mol. The highest BCUT2D eigenvalue weighted by Gasteiger charge is 2.26. The van der Waals surface area contributed by atoms with Crippen LogP contribution in [0.15, 0.2) is 24.3 Å². The number of nitrogens with one attached hydrogen (secondary N) is 1. The quantitative estimate of drug-likeness (QED) is 0.876. The van der Waals surface area contributed by atoms with E-state index in [1.807, 2.05) is 38.1 Å². The van der Waals surface area contributed by atoms with Crippen molar-refractivity contribution in [3.05, 3.63) is 35.4 Å². The number of fused-ring (bicyclic) bond motifs is 1. The molecule has 1 aromatic rings. The summed E-state index contributed by atoms with van der Waals surface area (Å²) in [6, 6.07) is 7.74. The summed E-state index contributed by atoms with van der Waals surface area (Å²) in [5.74, 6) is 0.0247. The summed E-state index contributed by atoms with van der Waals surface area (Å²) < 4.78 is 0. The smallest absolute Gasteiger partial charge is 0.254 e. The van der Waals surface area contributed by atoms with Crippen LogP contribution < -0.4 is 5.32 Å². The molecule has 1 aromatic carbocycles. The van der Waals surface area contributed by atoms with E-state index in [1.54, 1.807) is 4.90 Å². The van der Waals surface area contributed by atoms with E-state index in [0.717, 1.165) is 11.1 Å². The molecule has 0 aromatic heterocycles. The second kappa shape index (κ2) is 5.21. The van der Waals surface area contributed by atoms with E-state index in [1.165, 1.54) is 0 Å². The van der Waals surface area contributed by atoms with Crippen LogP contribution in [0.25, 0.3) is 0 Å². The molecule has 1 aliphatic rings. The normalized spacial score (nSPS) is 13.9. The van der Waals surface area contributed by atoms with Gasteiger partial charge in [-0.2, -0.15) is 0 Å². The lowest BCUT2D eigenvalue weighted by Crippen LogP contribution is -2.34. The minimum Gasteiger partial charge on any atom is -0.354 e. The molecule has 0 saturated carbocycles. The van der Waals surface area contributed by atoms with E-state index in [-0.39, 0.29) is 17.9 Å². The van der Waals surface area contributed by atoms with Crippen LogP contribution in [0.5, 0.6) is 0 Å². The Labute approximate surface area is 107 Å². The van der Waals surface area contributed by atoms with Gasteiger partial charge in [0, 0.05) is 31.1 Å². The molecule has 1 N–H and O–H groups in total. The van der Waals surface area contributed by atoms with Crippen LogP contribution in [-0.4, -0.2) is 29.3 Å². The fourth-order valence-electron chi connectivity index (χ4n) is 2.13. The molecule has 2 rings (SSSR count). The highest BCUT2D eigenvalue weighted by atomic mass is 16.2. The lowest BCUT2D eigenvalue weighted by atomic mass is 10.1. The minimum absolute atomic E-state index is 0.00578. The van der Waals surface area contributed by atoms with Crippen molar-refractivity contribution in [1.29, 1.82) is 0 Å². The zero-order valence-corrected chi connectivity index (χ0v) is 10.8. The van der Waals surface area contributed by atoms with E-state index in [9.17, 15) is 9.59 Å². The monoisotopic (exact) mass is 246 g/mol. The maximum Gasteiger partial charge on any atom is 0.254 e. The Kier molecular flexibility index (Phi) is 3.65. The van der Waals surface area contributed by atoms with Crippen molar-refractivity contribution in [3.63, 3.8) is 0 Å². The van der Waals surface area contributed by atoms with Crippen LogP contribution in [0.1, 0.15) is 36.2 Å². The van der Waals surface area contributed by atoms with Crippen LogP contribution in [0.3, 0.4) is 0 Å². The zero-order chi connectivity index (χ0) is 13.1. The second-order valence-corrected chi connectivity index (χ2v) is 4.86. The third-order valence-electron chi connectivity index (χ3n) is 2.95. The molecule has 0 bridgehead atoms. The van der Waals surface area contributed by atoms with Crippen LogP contribution in [-0.2, 0) is 11.3 Å². The number of nitrogens with zero attached hydrogens (tertiary/aromatic N) is 1. The van der Waals surface area contributed by atoms with Crippen molar-refractivity contribution in [2.24, 2.45) is 0 Å². The van der Waals surface area contributed by atoms with Crippen molar-refractivity contribution < 1.29 is 9.59 Å². The van der Waals surface area contributed by atoms with Crippen molar-refractivity contribution in [2.45, 2.75) is 32.9 Å². The molecule has 0 aliphatic carbocycles. The Morgan fingerprint density at radius 2 is 2.11 bits per heavy atom. The van der Waals surface area contributed by atoms with Gasteiger partial charge < -0.3 is 10.2 Å². The minimum atomic E-state index is -0.00578. The molecule has 4 heteroatoms. The van der Waals surface area contributed by atoms with E-state index in [2.05, 4.69) is 5.32 Å². The molecule has 2 amide bonds. The van der Waals surface area contributed by atoms with Crippen LogP contribution >= 0.6 is 0 Å². The number of rotatable bonds is 4. The molecule has 1 aliphatic heterocycles. The lowest BCUT2D eigenvalue weighted by Gasteiger charge is -2.16. The molecule has 0 fully saturated rings. The largest absolute Gasteiger partial charge is 0.354 e. The van der Waals surface area contributed by atoms with E-state index in [0.29, 0.717) is 19.5 Å². The number of carbonyl (C=O) groups excluding carboxylic acids is 2.